The molecule has 1 aliphatic heterocycles. The zero-order valence-electron chi connectivity index (χ0n) is 19.4. The van der Waals surface area contributed by atoms with Crippen molar-refractivity contribution in [2.45, 2.75) is 19.4 Å². The molecular formula is C28H24FN3O3. The highest BCUT2D eigenvalue weighted by Crippen LogP contribution is 2.36. The van der Waals surface area contributed by atoms with Crippen molar-refractivity contribution in [3.8, 4) is 28.1 Å². The van der Waals surface area contributed by atoms with Gasteiger partial charge in [-0.05, 0) is 53.9 Å². The second kappa shape index (κ2) is 9.18. The summed E-state index contributed by atoms with van der Waals surface area (Å²) in [7, 11) is 1.63. The van der Waals surface area contributed by atoms with E-state index in [-0.39, 0.29) is 0 Å². The Morgan fingerprint density at radius 3 is 2.60 bits per heavy atom. The van der Waals surface area contributed by atoms with Gasteiger partial charge >= 0.3 is 5.97 Å². The molecule has 1 aromatic heterocycles. The van der Waals surface area contributed by atoms with Gasteiger partial charge in [-0.3, -0.25) is 9.79 Å². The van der Waals surface area contributed by atoms with E-state index in [9.17, 15) is 14.3 Å². The summed E-state index contributed by atoms with van der Waals surface area (Å²) in [6.45, 7) is 2.25. The molecule has 1 atom stereocenters. The average Bonchev–Trinajstić information content (AvgIpc) is 3.33. The van der Waals surface area contributed by atoms with Gasteiger partial charge in [-0.15, -0.1) is 0 Å². The van der Waals surface area contributed by atoms with Crippen LogP contribution >= 0.6 is 0 Å². The molecule has 35 heavy (non-hydrogen) atoms. The molecule has 0 aliphatic carbocycles. The quantitative estimate of drug-likeness (QED) is 0.361. The Hall–Kier alpha value is -4.26. The van der Waals surface area contributed by atoms with E-state index >= 15 is 0 Å². The van der Waals surface area contributed by atoms with Crippen molar-refractivity contribution < 1.29 is 19.0 Å². The Balaban J connectivity index is 1.63. The highest BCUT2D eigenvalue weighted by molar-refractivity contribution is 6.07. The lowest BCUT2D eigenvalue weighted by molar-refractivity contribution is -0.137. The number of aromatic nitrogens is 1. The van der Waals surface area contributed by atoms with Crippen molar-refractivity contribution in [1.82, 2.24) is 4.98 Å². The Morgan fingerprint density at radius 2 is 1.86 bits per heavy atom. The average molecular weight is 470 g/mol. The molecule has 0 bridgehead atoms. The van der Waals surface area contributed by atoms with Crippen molar-refractivity contribution >= 4 is 28.8 Å². The number of aliphatic carboxylic acids is 1. The number of carboxylic acid groups (broad SMARTS) is 1. The van der Waals surface area contributed by atoms with Gasteiger partial charge in [0.15, 0.2) is 0 Å². The van der Waals surface area contributed by atoms with Crippen LogP contribution in [-0.2, 0) is 11.2 Å². The molecule has 6 nitrogen and oxygen atoms in total. The van der Waals surface area contributed by atoms with E-state index in [1.54, 1.807) is 19.3 Å². The third kappa shape index (κ3) is 4.33. The van der Waals surface area contributed by atoms with Crippen molar-refractivity contribution in [1.29, 1.82) is 0 Å². The van der Waals surface area contributed by atoms with Gasteiger partial charge in [-0.2, -0.15) is 0 Å². The number of aliphatic imine (C=N–C) groups is 1. The molecule has 0 amide bonds. The Kier molecular flexibility index (Phi) is 5.91. The predicted molar refractivity (Wildman–Crippen MR) is 136 cm³/mol. The number of anilines is 1. The number of rotatable bonds is 6. The van der Waals surface area contributed by atoms with Gasteiger partial charge in [0.2, 0.25) is 0 Å². The molecule has 4 aromatic rings. The van der Waals surface area contributed by atoms with Gasteiger partial charge in [0.05, 0.1) is 23.5 Å². The number of benzene rings is 3. The van der Waals surface area contributed by atoms with Crippen molar-refractivity contribution in [3.05, 3.63) is 77.6 Å². The minimum Gasteiger partial charge on any atom is -0.493 e. The molecule has 2 heterocycles. The maximum Gasteiger partial charge on any atom is 0.325 e. The lowest BCUT2D eigenvalue weighted by atomic mass is 9.97. The highest BCUT2D eigenvalue weighted by atomic mass is 19.1. The van der Waals surface area contributed by atoms with Gasteiger partial charge < -0.3 is 15.2 Å². The summed E-state index contributed by atoms with van der Waals surface area (Å²) < 4.78 is 19.7. The summed E-state index contributed by atoms with van der Waals surface area (Å²) in [6.07, 6.45) is 2.53. The summed E-state index contributed by atoms with van der Waals surface area (Å²) in [5.74, 6) is -0.501. The number of carboxylic acids is 1. The molecule has 176 valence electrons. The van der Waals surface area contributed by atoms with E-state index in [0.717, 1.165) is 28.9 Å². The molecule has 1 unspecified atom stereocenters. The molecule has 0 saturated heterocycles. The minimum absolute atomic E-state index is 0.429. The molecule has 5 rings (SSSR count). The van der Waals surface area contributed by atoms with Crippen LogP contribution in [0.3, 0.4) is 0 Å². The van der Waals surface area contributed by atoms with Crippen LogP contribution in [0.1, 0.15) is 18.1 Å². The zero-order chi connectivity index (χ0) is 24.5. The number of nitrogens with one attached hydrogen (secondary N) is 1. The van der Waals surface area contributed by atoms with E-state index in [4.69, 9.17) is 9.72 Å². The molecule has 0 fully saturated rings. The number of nitrogens with zero attached hydrogens (tertiary/aromatic N) is 2. The Morgan fingerprint density at radius 1 is 1.11 bits per heavy atom. The fraction of sp³-hybridized carbons (Fsp3) is 0.179. The smallest absolute Gasteiger partial charge is 0.325 e. The largest absolute Gasteiger partial charge is 0.493 e. The SMILES string of the molecule is CN=Cc1c(-c2ccc(-c3ccc4c(c3)CCO4)cc2)nc2ccc(F)cc2c1NC(C)C(=O)O. The van der Waals surface area contributed by atoms with Crippen molar-refractivity contribution in [2.75, 3.05) is 19.0 Å². The number of carbonyl (C=O) groups is 1. The number of ether oxygens (including phenoxy) is 1. The molecule has 0 spiro atoms. The van der Waals surface area contributed by atoms with E-state index < -0.39 is 17.8 Å². The van der Waals surface area contributed by atoms with Gasteiger partial charge in [0.1, 0.15) is 17.6 Å². The van der Waals surface area contributed by atoms with E-state index in [0.29, 0.717) is 34.5 Å². The Bertz CT molecular complexity index is 1470. The van der Waals surface area contributed by atoms with E-state index in [1.165, 1.54) is 24.6 Å². The summed E-state index contributed by atoms with van der Waals surface area (Å²) >= 11 is 0. The lowest BCUT2D eigenvalue weighted by Gasteiger charge is -2.19. The second-order valence-electron chi connectivity index (χ2n) is 8.50. The van der Waals surface area contributed by atoms with Crippen molar-refractivity contribution in [2.24, 2.45) is 4.99 Å². The minimum atomic E-state index is -1.02. The number of fused-ring (bicyclic) bond motifs is 2. The summed E-state index contributed by atoms with van der Waals surface area (Å²) in [4.78, 5) is 20.6. The normalized spacial score (nSPS) is 13.6. The summed E-state index contributed by atoms with van der Waals surface area (Å²) in [6, 6.07) is 17.6. The molecule has 0 radical (unpaired) electrons. The number of hydrogen-bond donors (Lipinski definition) is 2. The number of halogens is 1. The molecule has 7 heteroatoms. The topological polar surface area (TPSA) is 83.8 Å². The third-order valence-electron chi connectivity index (χ3n) is 6.16. The molecule has 1 aliphatic rings. The molecule has 0 saturated carbocycles. The van der Waals surface area contributed by atoms with E-state index in [1.807, 2.05) is 36.4 Å². The standard InChI is InChI=1S/C28H24FN3O3/c1-16(28(33)34)31-27-22-14-21(29)8-9-24(22)32-26(23(27)15-30-2)18-5-3-17(4-6-18)19-7-10-25-20(13-19)11-12-35-25/h3-10,13-16H,11-12H2,1-2H3,(H,31,32)(H,33,34). The second-order valence-corrected chi connectivity index (χ2v) is 8.50. The number of hydrogen-bond acceptors (Lipinski definition) is 5. The van der Waals surface area contributed by atoms with Crippen LogP contribution < -0.4 is 10.1 Å². The lowest BCUT2D eigenvalue weighted by Crippen LogP contribution is -2.26. The van der Waals surface area contributed by atoms with Gasteiger partial charge in [-0.1, -0.05) is 30.3 Å². The van der Waals surface area contributed by atoms with Gasteiger partial charge in [0, 0.05) is 36.2 Å². The maximum absolute atomic E-state index is 14.1. The molecular weight excluding hydrogens is 445 g/mol. The number of pyridine rings is 1. The Labute approximate surface area is 202 Å². The van der Waals surface area contributed by atoms with Crippen LogP contribution in [-0.4, -0.2) is 42.0 Å². The fourth-order valence-corrected chi connectivity index (χ4v) is 4.35. The predicted octanol–water partition coefficient (Wildman–Crippen LogP) is 5.58. The zero-order valence-corrected chi connectivity index (χ0v) is 19.4. The first kappa shape index (κ1) is 22.5. The van der Waals surface area contributed by atoms with Crippen LogP contribution in [0.4, 0.5) is 10.1 Å². The molecule has 2 N–H and O–H groups in total. The fourth-order valence-electron chi connectivity index (χ4n) is 4.35. The first-order chi connectivity index (χ1) is 16.9. The first-order valence-corrected chi connectivity index (χ1v) is 11.4. The molecule has 3 aromatic carbocycles. The van der Waals surface area contributed by atoms with Gasteiger partial charge in [0.25, 0.3) is 0 Å². The summed E-state index contributed by atoms with van der Waals surface area (Å²) in [5.41, 5.74) is 6.48. The van der Waals surface area contributed by atoms with Crippen LogP contribution in [0, 0.1) is 5.82 Å². The van der Waals surface area contributed by atoms with Crippen LogP contribution in [0.15, 0.2) is 65.7 Å². The maximum atomic E-state index is 14.1. The van der Waals surface area contributed by atoms with Crippen LogP contribution in [0.2, 0.25) is 0 Å². The third-order valence-corrected chi connectivity index (χ3v) is 6.16. The van der Waals surface area contributed by atoms with Crippen molar-refractivity contribution in [3.63, 3.8) is 0 Å². The van der Waals surface area contributed by atoms with Crippen LogP contribution in [0.25, 0.3) is 33.3 Å². The highest BCUT2D eigenvalue weighted by Gasteiger charge is 2.20. The van der Waals surface area contributed by atoms with Crippen LogP contribution in [0.5, 0.6) is 5.75 Å². The van der Waals surface area contributed by atoms with Gasteiger partial charge in [-0.25, -0.2) is 9.37 Å². The summed E-state index contributed by atoms with van der Waals surface area (Å²) in [5, 5.41) is 13.0. The first-order valence-electron chi connectivity index (χ1n) is 11.4. The van der Waals surface area contributed by atoms with E-state index in [2.05, 4.69) is 16.4 Å². The monoisotopic (exact) mass is 469 g/mol.